The molecule has 0 unspecified atom stereocenters. The summed E-state index contributed by atoms with van der Waals surface area (Å²) >= 11 is 1.65. The van der Waals surface area contributed by atoms with Gasteiger partial charge in [0.15, 0.2) is 5.13 Å². The van der Waals surface area contributed by atoms with Crippen LogP contribution >= 0.6 is 11.3 Å². The first-order chi connectivity index (χ1) is 12.1. The average molecular weight is 356 g/mol. The summed E-state index contributed by atoms with van der Waals surface area (Å²) in [6, 6.07) is 5.91. The van der Waals surface area contributed by atoms with E-state index in [0.717, 1.165) is 34.8 Å². The third-order valence-corrected chi connectivity index (χ3v) is 5.69. The van der Waals surface area contributed by atoms with Crippen LogP contribution in [0.15, 0.2) is 30.9 Å². The maximum atomic E-state index is 12.9. The Morgan fingerprint density at radius 1 is 1.40 bits per heavy atom. The molecule has 0 bridgehead atoms. The van der Waals surface area contributed by atoms with E-state index in [1.807, 2.05) is 25.1 Å². The summed E-state index contributed by atoms with van der Waals surface area (Å²) in [5.41, 5.74) is 3.18. The van der Waals surface area contributed by atoms with Crippen LogP contribution < -0.4 is 9.64 Å². The molecule has 0 aliphatic heterocycles. The standard InChI is InChI=1S/C20H24N2O2S/c1-4-11-22(20-21-16-7-5-6-8-18(16)25-20)19(23)13-15-10-9-14(2)17(12-15)24-3/h4,9-10,12H,1,5-8,11,13H2,2-3H3. The van der Waals surface area contributed by atoms with Crippen molar-refractivity contribution in [3.63, 3.8) is 0 Å². The zero-order valence-corrected chi connectivity index (χ0v) is 15.7. The number of rotatable bonds is 6. The van der Waals surface area contributed by atoms with Crippen LogP contribution in [0.4, 0.5) is 5.13 Å². The number of anilines is 1. The van der Waals surface area contributed by atoms with Gasteiger partial charge in [0.25, 0.3) is 0 Å². The Labute approximate surface area is 153 Å². The smallest absolute Gasteiger partial charge is 0.233 e. The predicted octanol–water partition coefficient (Wildman–Crippen LogP) is 4.10. The zero-order valence-electron chi connectivity index (χ0n) is 14.9. The molecule has 4 nitrogen and oxygen atoms in total. The second-order valence-electron chi connectivity index (χ2n) is 6.35. The van der Waals surface area contributed by atoms with Crippen LogP contribution in [0.5, 0.6) is 5.75 Å². The first-order valence-corrected chi connectivity index (χ1v) is 9.47. The Kier molecular flexibility index (Phi) is 5.53. The number of aryl methyl sites for hydroxylation is 3. The van der Waals surface area contributed by atoms with Crippen molar-refractivity contribution in [1.29, 1.82) is 0 Å². The van der Waals surface area contributed by atoms with Crippen LogP contribution in [-0.4, -0.2) is 24.5 Å². The van der Waals surface area contributed by atoms with E-state index in [1.165, 1.54) is 23.4 Å². The Morgan fingerprint density at radius 2 is 2.20 bits per heavy atom. The van der Waals surface area contributed by atoms with Crippen LogP contribution in [0.3, 0.4) is 0 Å². The number of aromatic nitrogens is 1. The molecule has 1 aliphatic rings. The third kappa shape index (κ3) is 3.93. The summed E-state index contributed by atoms with van der Waals surface area (Å²) in [5.74, 6) is 0.849. The van der Waals surface area contributed by atoms with Crippen molar-refractivity contribution < 1.29 is 9.53 Å². The van der Waals surface area contributed by atoms with Crippen LogP contribution in [0.2, 0.25) is 0 Å². The van der Waals surface area contributed by atoms with Gasteiger partial charge in [-0.1, -0.05) is 18.2 Å². The summed E-state index contributed by atoms with van der Waals surface area (Å²) < 4.78 is 5.36. The Balaban J connectivity index is 1.81. The number of ether oxygens (including phenoxy) is 1. The van der Waals surface area contributed by atoms with E-state index in [2.05, 4.69) is 6.58 Å². The van der Waals surface area contributed by atoms with Crippen LogP contribution in [0, 0.1) is 6.92 Å². The van der Waals surface area contributed by atoms with Gasteiger partial charge in [0.2, 0.25) is 5.91 Å². The minimum Gasteiger partial charge on any atom is -0.496 e. The van der Waals surface area contributed by atoms with Gasteiger partial charge in [-0.2, -0.15) is 0 Å². The van der Waals surface area contributed by atoms with Gasteiger partial charge in [-0.15, -0.1) is 17.9 Å². The van der Waals surface area contributed by atoms with E-state index in [0.29, 0.717) is 13.0 Å². The number of amides is 1. The number of nitrogens with zero attached hydrogens (tertiary/aromatic N) is 2. The lowest BCUT2D eigenvalue weighted by atomic mass is 10.0. The third-order valence-electron chi connectivity index (χ3n) is 4.51. The quantitative estimate of drug-likeness (QED) is 0.732. The molecule has 3 rings (SSSR count). The molecular formula is C20H24N2O2S. The molecule has 0 fully saturated rings. The van der Waals surface area contributed by atoms with E-state index in [4.69, 9.17) is 9.72 Å². The molecule has 1 heterocycles. The van der Waals surface area contributed by atoms with Crippen molar-refractivity contribution in [3.8, 4) is 5.75 Å². The summed E-state index contributed by atoms with van der Waals surface area (Å²) in [7, 11) is 1.65. The topological polar surface area (TPSA) is 42.4 Å². The molecule has 1 aromatic heterocycles. The van der Waals surface area contributed by atoms with Crippen LogP contribution in [0.25, 0.3) is 0 Å². The molecule has 0 saturated heterocycles. The molecule has 132 valence electrons. The van der Waals surface area contributed by atoms with Crippen molar-refractivity contribution in [2.45, 2.75) is 39.0 Å². The first-order valence-electron chi connectivity index (χ1n) is 8.65. The van der Waals surface area contributed by atoms with Crippen molar-refractivity contribution >= 4 is 22.4 Å². The number of methoxy groups -OCH3 is 1. The molecule has 25 heavy (non-hydrogen) atoms. The molecule has 0 N–H and O–H groups in total. The number of thiazole rings is 1. The van der Waals surface area contributed by atoms with Gasteiger partial charge in [0.1, 0.15) is 5.75 Å². The van der Waals surface area contributed by atoms with Gasteiger partial charge >= 0.3 is 0 Å². The Bertz CT molecular complexity index is 758. The largest absolute Gasteiger partial charge is 0.496 e. The molecule has 1 aromatic carbocycles. The maximum absolute atomic E-state index is 12.9. The van der Waals surface area contributed by atoms with Crippen LogP contribution in [-0.2, 0) is 24.1 Å². The summed E-state index contributed by atoms with van der Waals surface area (Å²) in [6.07, 6.45) is 6.60. The summed E-state index contributed by atoms with van der Waals surface area (Å²) in [4.78, 5) is 20.7. The van der Waals surface area contributed by atoms with Gasteiger partial charge in [0.05, 0.1) is 19.2 Å². The summed E-state index contributed by atoms with van der Waals surface area (Å²) in [5, 5.41) is 0.802. The fraction of sp³-hybridized carbons (Fsp3) is 0.400. The van der Waals surface area contributed by atoms with Gasteiger partial charge in [-0.05, 0) is 49.8 Å². The molecule has 2 aromatic rings. The number of carbonyl (C=O) groups excluding carboxylic acids is 1. The molecule has 1 amide bonds. The molecule has 0 atom stereocenters. The van der Waals surface area contributed by atoms with Crippen molar-refractivity contribution in [1.82, 2.24) is 4.98 Å². The molecule has 1 aliphatic carbocycles. The number of fused-ring (bicyclic) bond motifs is 1. The molecule has 0 saturated carbocycles. The van der Waals surface area contributed by atoms with Crippen LogP contribution in [0.1, 0.15) is 34.5 Å². The molecular weight excluding hydrogens is 332 g/mol. The second kappa shape index (κ2) is 7.83. The van der Waals surface area contributed by atoms with Crippen molar-refractivity contribution in [2.24, 2.45) is 0 Å². The lowest BCUT2D eigenvalue weighted by Gasteiger charge is -2.18. The maximum Gasteiger partial charge on any atom is 0.233 e. The number of hydrogen-bond acceptors (Lipinski definition) is 4. The Hall–Kier alpha value is -2.14. The minimum absolute atomic E-state index is 0.0388. The lowest BCUT2D eigenvalue weighted by Crippen LogP contribution is -2.32. The van der Waals surface area contributed by atoms with Gasteiger partial charge in [0, 0.05) is 11.4 Å². The lowest BCUT2D eigenvalue weighted by molar-refractivity contribution is -0.117. The van der Waals surface area contributed by atoms with Gasteiger partial charge in [-0.25, -0.2) is 4.98 Å². The minimum atomic E-state index is 0.0388. The van der Waals surface area contributed by atoms with Crippen molar-refractivity contribution in [2.75, 3.05) is 18.6 Å². The zero-order chi connectivity index (χ0) is 17.8. The van der Waals surface area contributed by atoms with E-state index in [9.17, 15) is 4.79 Å². The number of carbonyl (C=O) groups is 1. The highest BCUT2D eigenvalue weighted by Crippen LogP contribution is 2.32. The van der Waals surface area contributed by atoms with E-state index >= 15 is 0 Å². The SMILES string of the molecule is C=CCN(C(=O)Cc1ccc(C)c(OC)c1)c1nc2c(s1)CCCC2. The van der Waals surface area contributed by atoms with E-state index < -0.39 is 0 Å². The predicted molar refractivity (Wildman–Crippen MR) is 103 cm³/mol. The molecule has 0 spiro atoms. The first kappa shape index (κ1) is 17.7. The average Bonchev–Trinajstić information content (AvgIpc) is 3.04. The van der Waals surface area contributed by atoms with E-state index in [1.54, 1.807) is 29.4 Å². The second-order valence-corrected chi connectivity index (χ2v) is 7.41. The van der Waals surface area contributed by atoms with Gasteiger partial charge in [-0.3, -0.25) is 9.69 Å². The normalized spacial score (nSPS) is 13.2. The van der Waals surface area contributed by atoms with Gasteiger partial charge < -0.3 is 4.74 Å². The molecule has 5 heteroatoms. The Morgan fingerprint density at radius 3 is 2.92 bits per heavy atom. The fourth-order valence-electron chi connectivity index (χ4n) is 3.11. The highest BCUT2D eigenvalue weighted by molar-refractivity contribution is 7.16. The fourth-order valence-corrected chi connectivity index (χ4v) is 4.29. The number of benzene rings is 1. The van der Waals surface area contributed by atoms with Crippen molar-refractivity contribution in [3.05, 3.63) is 52.6 Å². The van der Waals surface area contributed by atoms with E-state index in [-0.39, 0.29) is 5.91 Å². The monoisotopic (exact) mass is 356 g/mol. The summed E-state index contributed by atoms with van der Waals surface area (Å²) in [6.45, 7) is 6.27. The number of hydrogen-bond donors (Lipinski definition) is 0. The highest BCUT2D eigenvalue weighted by atomic mass is 32.1. The molecule has 0 radical (unpaired) electrons. The highest BCUT2D eigenvalue weighted by Gasteiger charge is 2.22.